The van der Waals surface area contributed by atoms with Gasteiger partial charge in [0.2, 0.25) is 0 Å². The summed E-state index contributed by atoms with van der Waals surface area (Å²) in [7, 11) is 0. The lowest BCUT2D eigenvalue weighted by Gasteiger charge is -2.19. The van der Waals surface area contributed by atoms with Crippen LogP contribution in [0.25, 0.3) is 77.4 Å². The quantitative estimate of drug-likeness (QED) is 0.213. The highest BCUT2D eigenvalue weighted by Crippen LogP contribution is 2.41. The zero-order valence-corrected chi connectivity index (χ0v) is 24.1. The van der Waals surface area contributed by atoms with Crippen molar-refractivity contribution in [1.29, 1.82) is 0 Å². The molecule has 44 heavy (non-hydrogen) atoms. The molecule has 0 fully saturated rings. The van der Waals surface area contributed by atoms with E-state index in [-0.39, 0.29) is 0 Å². The van der Waals surface area contributed by atoms with Gasteiger partial charge in [0.15, 0.2) is 0 Å². The molecule has 3 nitrogen and oxygen atoms in total. The molecule has 1 aliphatic carbocycles. The lowest BCUT2D eigenvalue weighted by atomic mass is 9.97. The monoisotopic (exact) mass is 564 g/mol. The van der Waals surface area contributed by atoms with Crippen LogP contribution in [0, 0.1) is 0 Å². The van der Waals surface area contributed by atoms with Crippen molar-refractivity contribution in [2.45, 2.75) is 12.8 Å². The summed E-state index contributed by atoms with van der Waals surface area (Å²) in [5, 5.41) is 4.68. The topological polar surface area (TPSA) is 31.0 Å². The van der Waals surface area contributed by atoms with Gasteiger partial charge in [-0.3, -0.25) is 4.98 Å². The normalized spacial score (nSPS) is 13.5. The third-order valence-electron chi connectivity index (χ3n) is 8.91. The Balaban J connectivity index is 1.29. The van der Waals surface area contributed by atoms with Crippen molar-refractivity contribution in [1.82, 2.24) is 9.55 Å². The van der Waals surface area contributed by atoms with Crippen molar-refractivity contribution in [3.05, 3.63) is 151 Å². The molecular weight excluding hydrogens is 536 g/mol. The lowest BCUT2D eigenvalue weighted by molar-refractivity contribution is 0.669. The van der Waals surface area contributed by atoms with Crippen LogP contribution in [-0.2, 0) is 0 Å². The van der Waals surface area contributed by atoms with Crippen LogP contribution in [0.15, 0.2) is 150 Å². The van der Waals surface area contributed by atoms with E-state index >= 15 is 0 Å². The lowest BCUT2D eigenvalue weighted by Crippen LogP contribution is -2.02. The minimum absolute atomic E-state index is 0.895. The predicted molar refractivity (Wildman–Crippen MR) is 183 cm³/mol. The molecule has 0 radical (unpaired) electrons. The van der Waals surface area contributed by atoms with Crippen molar-refractivity contribution >= 4 is 55.0 Å². The van der Waals surface area contributed by atoms with Crippen molar-refractivity contribution < 1.29 is 4.42 Å². The Morgan fingerprint density at radius 2 is 1.34 bits per heavy atom. The van der Waals surface area contributed by atoms with Crippen LogP contribution in [0.3, 0.4) is 0 Å². The number of allylic oxidation sites excluding steroid dienone is 4. The summed E-state index contributed by atoms with van der Waals surface area (Å²) in [5.41, 5.74) is 12.4. The Kier molecular flexibility index (Phi) is 5.63. The molecular formula is C41H28N2O. The number of rotatable bonds is 4. The zero-order valence-electron chi connectivity index (χ0n) is 24.1. The number of pyridine rings is 1. The van der Waals surface area contributed by atoms with E-state index in [1.54, 1.807) is 0 Å². The molecule has 0 saturated heterocycles. The van der Waals surface area contributed by atoms with Crippen LogP contribution < -0.4 is 0 Å². The van der Waals surface area contributed by atoms with E-state index in [1.165, 1.54) is 44.2 Å². The average molecular weight is 565 g/mol. The van der Waals surface area contributed by atoms with Gasteiger partial charge >= 0.3 is 0 Å². The molecule has 0 atom stereocenters. The van der Waals surface area contributed by atoms with Crippen LogP contribution >= 0.6 is 0 Å². The van der Waals surface area contributed by atoms with Gasteiger partial charge in [-0.15, -0.1) is 0 Å². The minimum Gasteiger partial charge on any atom is -0.456 e. The summed E-state index contributed by atoms with van der Waals surface area (Å²) in [6.45, 7) is 0. The first-order valence-corrected chi connectivity index (χ1v) is 15.2. The smallest absolute Gasteiger partial charge is 0.135 e. The van der Waals surface area contributed by atoms with E-state index in [9.17, 15) is 0 Å². The highest BCUT2D eigenvalue weighted by Gasteiger charge is 2.20. The molecule has 3 heteroatoms. The number of hydrogen-bond donors (Lipinski definition) is 0. The fraction of sp³-hybridized carbons (Fsp3) is 0.0488. The fourth-order valence-electron chi connectivity index (χ4n) is 6.85. The summed E-state index contributed by atoms with van der Waals surface area (Å²) in [4.78, 5) is 5.09. The first-order chi connectivity index (χ1) is 21.8. The highest BCUT2D eigenvalue weighted by molar-refractivity contribution is 6.15. The van der Waals surface area contributed by atoms with Gasteiger partial charge < -0.3 is 8.98 Å². The van der Waals surface area contributed by atoms with Gasteiger partial charge in [0.1, 0.15) is 11.2 Å². The third kappa shape index (κ3) is 3.94. The van der Waals surface area contributed by atoms with Crippen LogP contribution in [0.1, 0.15) is 18.4 Å². The average Bonchev–Trinajstić information content (AvgIpc) is 3.64. The summed E-state index contributed by atoms with van der Waals surface area (Å²) in [6.07, 6.45) is 8.75. The molecule has 0 unspecified atom stereocenters. The summed E-state index contributed by atoms with van der Waals surface area (Å²) < 4.78 is 8.57. The molecule has 0 amide bonds. The standard InChI is InChI=1S/C41H28N2O/c1-3-11-27(12-4-1)29-15-9-16-31(23-29)43-38-26-42-37(30-21-22-40-36(24-30)33-17-7-8-20-39(33)44-40)25-35(38)34-19-10-18-32(41(34)43)28-13-5-2-6-14-28/h1-8,10-15,17-26H,9,16H2. The summed E-state index contributed by atoms with van der Waals surface area (Å²) in [5.74, 6) is 0. The van der Waals surface area contributed by atoms with E-state index in [1.807, 2.05) is 12.1 Å². The van der Waals surface area contributed by atoms with Crippen molar-refractivity contribution in [2.24, 2.45) is 0 Å². The Bertz CT molecular complexity index is 2420. The van der Waals surface area contributed by atoms with E-state index in [0.717, 1.165) is 51.6 Å². The second-order valence-corrected chi connectivity index (χ2v) is 11.5. The SMILES string of the molecule is C1=C(c2ccccc2)C=C(n2c3cnc(-c4ccc5oc6ccccc6c5c4)cc3c3cccc(-c4ccccc4)c32)CC1. The number of para-hydroxylation sites is 2. The summed E-state index contributed by atoms with van der Waals surface area (Å²) in [6, 6.07) is 45.0. The van der Waals surface area contributed by atoms with Gasteiger partial charge in [0.05, 0.1) is 22.9 Å². The van der Waals surface area contributed by atoms with E-state index in [2.05, 4.69) is 138 Å². The molecule has 5 aromatic carbocycles. The number of hydrogen-bond acceptors (Lipinski definition) is 2. The third-order valence-corrected chi connectivity index (χ3v) is 8.91. The van der Waals surface area contributed by atoms with Crippen molar-refractivity contribution in [3.63, 3.8) is 0 Å². The molecule has 0 bridgehead atoms. The molecule has 8 aromatic rings. The van der Waals surface area contributed by atoms with Gasteiger partial charge in [0.25, 0.3) is 0 Å². The maximum atomic E-state index is 6.10. The molecule has 1 aliphatic rings. The summed E-state index contributed by atoms with van der Waals surface area (Å²) >= 11 is 0. The molecule has 0 N–H and O–H groups in total. The van der Waals surface area contributed by atoms with Gasteiger partial charge in [-0.05, 0) is 65.9 Å². The van der Waals surface area contributed by atoms with Gasteiger partial charge in [0, 0.05) is 38.4 Å². The maximum absolute atomic E-state index is 6.10. The number of nitrogens with zero attached hydrogens (tertiary/aromatic N) is 2. The fourth-order valence-corrected chi connectivity index (χ4v) is 6.85. The molecule has 0 aliphatic heterocycles. The van der Waals surface area contributed by atoms with Gasteiger partial charge in [-0.25, -0.2) is 0 Å². The van der Waals surface area contributed by atoms with Crippen LogP contribution in [0.4, 0.5) is 0 Å². The van der Waals surface area contributed by atoms with E-state index in [4.69, 9.17) is 9.40 Å². The Morgan fingerprint density at radius 3 is 2.20 bits per heavy atom. The molecule has 3 heterocycles. The van der Waals surface area contributed by atoms with E-state index < -0.39 is 0 Å². The Morgan fingerprint density at radius 1 is 0.591 bits per heavy atom. The minimum atomic E-state index is 0.895. The number of furan rings is 1. The maximum Gasteiger partial charge on any atom is 0.135 e. The van der Waals surface area contributed by atoms with Crippen molar-refractivity contribution in [2.75, 3.05) is 0 Å². The Labute approximate surface area is 255 Å². The van der Waals surface area contributed by atoms with Crippen LogP contribution in [-0.4, -0.2) is 9.55 Å². The molecule has 208 valence electrons. The first kappa shape index (κ1) is 24.9. The number of benzene rings is 5. The predicted octanol–water partition coefficient (Wildman–Crippen LogP) is 11.1. The Hall–Kier alpha value is -5.67. The van der Waals surface area contributed by atoms with Crippen molar-refractivity contribution in [3.8, 4) is 22.4 Å². The molecule has 9 rings (SSSR count). The highest BCUT2D eigenvalue weighted by atomic mass is 16.3. The van der Waals surface area contributed by atoms with Gasteiger partial charge in [-0.1, -0.05) is 103 Å². The largest absolute Gasteiger partial charge is 0.456 e. The zero-order chi connectivity index (χ0) is 29.0. The molecule has 0 saturated carbocycles. The van der Waals surface area contributed by atoms with Crippen LogP contribution in [0.2, 0.25) is 0 Å². The van der Waals surface area contributed by atoms with Crippen LogP contribution in [0.5, 0.6) is 0 Å². The van der Waals surface area contributed by atoms with Gasteiger partial charge in [-0.2, -0.15) is 0 Å². The second-order valence-electron chi connectivity index (χ2n) is 11.5. The number of aromatic nitrogens is 2. The molecule has 3 aromatic heterocycles. The first-order valence-electron chi connectivity index (χ1n) is 15.2. The molecule has 0 spiro atoms. The number of fused-ring (bicyclic) bond motifs is 6. The van der Waals surface area contributed by atoms with E-state index in [0.29, 0.717) is 0 Å². The second kappa shape index (κ2) is 9.96.